The lowest BCUT2D eigenvalue weighted by Crippen LogP contribution is -2.47. The Morgan fingerprint density at radius 3 is 2.39 bits per heavy atom. The van der Waals surface area contributed by atoms with E-state index in [0.717, 1.165) is 23.8 Å². The molecule has 5 heteroatoms. The highest BCUT2D eigenvalue weighted by atomic mass is 16.5. The number of ether oxygens (including phenoxy) is 1. The minimum Gasteiger partial charge on any atom is -0.378 e. The molecular formula is C23H26N2O3. The van der Waals surface area contributed by atoms with Crippen molar-refractivity contribution in [1.82, 2.24) is 9.80 Å². The molecule has 0 saturated carbocycles. The summed E-state index contributed by atoms with van der Waals surface area (Å²) in [5.74, 6) is 0.274. The van der Waals surface area contributed by atoms with E-state index < -0.39 is 0 Å². The first kappa shape index (κ1) is 18.7. The number of hydrogen-bond acceptors (Lipinski definition) is 3. The molecular weight excluding hydrogens is 352 g/mol. The van der Waals surface area contributed by atoms with E-state index in [0.29, 0.717) is 39.4 Å². The van der Waals surface area contributed by atoms with Crippen LogP contribution in [0, 0.1) is 5.92 Å². The van der Waals surface area contributed by atoms with Gasteiger partial charge in [-0.2, -0.15) is 0 Å². The molecule has 2 amide bonds. The van der Waals surface area contributed by atoms with Crippen molar-refractivity contribution in [2.45, 2.75) is 12.8 Å². The van der Waals surface area contributed by atoms with Crippen molar-refractivity contribution < 1.29 is 14.3 Å². The fourth-order valence-electron chi connectivity index (χ4n) is 4.05. The Morgan fingerprint density at radius 2 is 1.61 bits per heavy atom. The number of carbonyl (C=O) groups is 2. The van der Waals surface area contributed by atoms with E-state index >= 15 is 0 Å². The van der Waals surface area contributed by atoms with Gasteiger partial charge in [0.25, 0.3) is 0 Å². The topological polar surface area (TPSA) is 49.9 Å². The maximum atomic E-state index is 12.6. The van der Waals surface area contributed by atoms with Crippen LogP contribution in [0.15, 0.2) is 48.5 Å². The predicted octanol–water partition coefficient (Wildman–Crippen LogP) is 2.95. The molecule has 28 heavy (non-hydrogen) atoms. The molecule has 2 aliphatic rings. The largest absolute Gasteiger partial charge is 0.378 e. The molecule has 2 aromatic rings. The van der Waals surface area contributed by atoms with Crippen molar-refractivity contribution in [3.05, 3.63) is 54.1 Å². The first-order chi connectivity index (χ1) is 13.7. The molecule has 0 radical (unpaired) electrons. The summed E-state index contributed by atoms with van der Waals surface area (Å²) in [6, 6.07) is 14.3. The summed E-state index contributed by atoms with van der Waals surface area (Å²) in [6.45, 7) is 3.90. The van der Waals surface area contributed by atoms with Crippen molar-refractivity contribution in [2.24, 2.45) is 5.92 Å². The van der Waals surface area contributed by atoms with Gasteiger partial charge in [0.2, 0.25) is 11.8 Å². The van der Waals surface area contributed by atoms with E-state index in [1.54, 1.807) is 6.08 Å². The number of rotatable bonds is 3. The Kier molecular flexibility index (Phi) is 5.72. The Morgan fingerprint density at radius 1 is 0.893 bits per heavy atom. The fraction of sp³-hybridized carbons (Fsp3) is 0.391. The van der Waals surface area contributed by atoms with Gasteiger partial charge in [-0.3, -0.25) is 9.59 Å². The van der Waals surface area contributed by atoms with Crippen LogP contribution >= 0.6 is 0 Å². The van der Waals surface area contributed by atoms with Crippen LogP contribution in [0.3, 0.4) is 0 Å². The van der Waals surface area contributed by atoms with Gasteiger partial charge >= 0.3 is 0 Å². The zero-order valence-electron chi connectivity index (χ0n) is 16.0. The highest BCUT2D eigenvalue weighted by molar-refractivity contribution is 5.96. The predicted molar refractivity (Wildman–Crippen MR) is 110 cm³/mol. The number of hydrogen-bond donors (Lipinski definition) is 0. The standard InChI is InChI=1S/C23H26N2O3/c26-22(9-8-19-6-3-5-18-4-1-2-7-21(18)19)24-12-10-20(11-13-24)23(27)25-14-16-28-17-15-25/h1-9,20H,10-17H2/b9-8+. The van der Waals surface area contributed by atoms with E-state index in [9.17, 15) is 9.59 Å². The van der Waals surface area contributed by atoms with Gasteiger partial charge in [0.05, 0.1) is 13.2 Å². The maximum Gasteiger partial charge on any atom is 0.246 e. The number of benzene rings is 2. The minimum atomic E-state index is 0.0187. The van der Waals surface area contributed by atoms with Gasteiger partial charge in [-0.05, 0) is 35.3 Å². The maximum absolute atomic E-state index is 12.6. The van der Waals surface area contributed by atoms with Crippen LogP contribution in [-0.4, -0.2) is 61.0 Å². The van der Waals surface area contributed by atoms with Crippen LogP contribution < -0.4 is 0 Å². The third kappa shape index (κ3) is 4.09. The van der Waals surface area contributed by atoms with E-state index in [-0.39, 0.29) is 17.7 Å². The molecule has 2 aromatic carbocycles. The van der Waals surface area contributed by atoms with Crippen molar-refractivity contribution in [3.8, 4) is 0 Å². The molecule has 2 fully saturated rings. The molecule has 0 atom stereocenters. The molecule has 0 bridgehead atoms. The zero-order valence-corrected chi connectivity index (χ0v) is 16.0. The molecule has 0 unspecified atom stereocenters. The summed E-state index contributed by atoms with van der Waals surface area (Å²) in [6.07, 6.45) is 5.04. The molecule has 5 nitrogen and oxygen atoms in total. The molecule has 0 aromatic heterocycles. The summed E-state index contributed by atoms with van der Waals surface area (Å²) in [5, 5.41) is 2.31. The average molecular weight is 378 g/mol. The highest BCUT2D eigenvalue weighted by Crippen LogP contribution is 2.22. The number of piperidine rings is 1. The lowest BCUT2D eigenvalue weighted by molar-refractivity contribution is -0.142. The summed E-state index contributed by atoms with van der Waals surface area (Å²) in [4.78, 5) is 29.0. The van der Waals surface area contributed by atoms with E-state index in [2.05, 4.69) is 18.2 Å². The fourth-order valence-corrected chi connectivity index (χ4v) is 4.05. The second-order valence-electron chi connectivity index (χ2n) is 7.44. The number of morpholine rings is 1. The number of amides is 2. The SMILES string of the molecule is O=C(/C=C/c1cccc2ccccc12)N1CCC(C(=O)N2CCOCC2)CC1. The molecule has 2 aliphatic heterocycles. The van der Waals surface area contributed by atoms with Crippen LogP contribution in [0.5, 0.6) is 0 Å². The Hall–Kier alpha value is -2.66. The number of likely N-dealkylation sites (tertiary alicyclic amines) is 1. The highest BCUT2D eigenvalue weighted by Gasteiger charge is 2.30. The van der Waals surface area contributed by atoms with E-state index in [4.69, 9.17) is 4.74 Å². The van der Waals surface area contributed by atoms with Crippen LogP contribution in [0.25, 0.3) is 16.8 Å². The van der Waals surface area contributed by atoms with Gasteiger partial charge in [-0.1, -0.05) is 42.5 Å². The second kappa shape index (κ2) is 8.57. The minimum absolute atomic E-state index is 0.0187. The average Bonchev–Trinajstić information content (AvgIpc) is 2.77. The van der Waals surface area contributed by atoms with Crippen molar-refractivity contribution >= 4 is 28.7 Å². The molecule has 146 valence electrons. The second-order valence-corrected chi connectivity index (χ2v) is 7.44. The summed E-state index contributed by atoms with van der Waals surface area (Å²) in [5.41, 5.74) is 1.05. The third-order valence-corrected chi connectivity index (χ3v) is 5.71. The van der Waals surface area contributed by atoms with Crippen molar-refractivity contribution in [3.63, 3.8) is 0 Å². The van der Waals surface area contributed by atoms with Crippen LogP contribution in [0.4, 0.5) is 0 Å². The van der Waals surface area contributed by atoms with E-state index in [1.165, 1.54) is 5.39 Å². The van der Waals surface area contributed by atoms with Crippen LogP contribution in [-0.2, 0) is 14.3 Å². The van der Waals surface area contributed by atoms with Gasteiger partial charge in [-0.25, -0.2) is 0 Å². The lowest BCUT2D eigenvalue weighted by atomic mass is 9.95. The molecule has 0 N–H and O–H groups in total. The molecule has 0 aliphatic carbocycles. The van der Waals surface area contributed by atoms with Crippen LogP contribution in [0.2, 0.25) is 0 Å². The lowest BCUT2D eigenvalue weighted by Gasteiger charge is -2.35. The zero-order chi connectivity index (χ0) is 19.3. The monoisotopic (exact) mass is 378 g/mol. The number of nitrogens with zero attached hydrogens (tertiary/aromatic N) is 2. The van der Waals surface area contributed by atoms with E-state index in [1.807, 2.05) is 40.1 Å². The molecule has 2 saturated heterocycles. The first-order valence-corrected chi connectivity index (χ1v) is 10.0. The summed E-state index contributed by atoms with van der Waals surface area (Å²) in [7, 11) is 0. The molecule has 2 heterocycles. The Balaban J connectivity index is 1.35. The van der Waals surface area contributed by atoms with Crippen LogP contribution in [0.1, 0.15) is 18.4 Å². The van der Waals surface area contributed by atoms with Gasteiger partial charge in [0.15, 0.2) is 0 Å². The molecule has 4 rings (SSSR count). The number of fused-ring (bicyclic) bond motifs is 1. The van der Waals surface area contributed by atoms with Gasteiger partial charge in [0, 0.05) is 38.2 Å². The Bertz CT molecular complexity index is 873. The molecule has 0 spiro atoms. The Labute approximate surface area is 165 Å². The van der Waals surface area contributed by atoms with Gasteiger partial charge in [-0.15, -0.1) is 0 Å². The quantitative estimate of drug-likeness (QED) is 0.772. The number of carbonyl (C=O) groups excluding carboxylic acids is 2. The normalized spacial score (nSPS) is 18.7. The van der Waals surface area contributed by atoms with Gasteiger partial charge < -0.3 is 14.5 Å². The first-order valence-electron chi connectivity index (χ1n) is 10.0. The smallest absolute Gasteiger partial charge is 0.246 e. The van der Waals surface area contributed by atoms with Crippen molar-refractivity contribution in [1.29, 1.82) is 0 Å². The third-order valence-electron chi connectivity index (χ3n) is 5.71. The summed E-state index contributed by atoms with van der Waals surface area (Å²) < 4.78 is 5.32. The van der Waals surface area contributed by atoms with Gasteiger partial charge in [0.1, 0.15) is 0 Å². The van der Waals surface area contributed by atoms with Crippen molar-refractivity contribution in [2.75, 3.05) is 39.4 Å². The summed E-state index contributed by atoms with van der Waals surface area (Å²) >= 11 is 0.